The van der Waals surface area contributed by atoms with Crippen LogP contribution in [0.2, 0.25) is 0 Å². The molecule has 0 radical (unpaired) electrons. The van der Waals surface area contributed by atoms with Crippen LogP contribution in [0.5, 0.6) is 0 Å². The Balaban J connectivity index is 2.57. The standard InChI is InChI=1S/C17H20/c1-4-14-11-12-17(13(3)16(14)5-2)15-9-7-6-8-10-15/h6-12H,4-5H2,1-3H3. The van der Waals surface area contributed by atoms with Crippen molar-refractivity contribution in [2.45, 2.75) is 33.6 Å². The molecule has 0 nitrogen and oxygen atoms in total. The molecule has 17 heavy (non-hydrogen) atoms. The molecule has 0 atom stereocenters. The van der Waals surface area contributed by atoms with Crippen molar-refractivity contribution in [2.75, 3.05) is 0 Å². The molecule has 2 rings (SSSR count). The lowest BCUT2D eigenvalue weighted by molar-refractivity contribution is 1.02. The lowest BCUT2D eigenvalue weighted by Crippen LogP contribution is -1.97. The predicted molar refractivity (Wildman–Crippen MR) is 75.4 cm³/mol. The van der Waals surface area contributed by atoms with Crippen LogP contribution in [-0.4, -0.2) is 0 Å². The van der Waals surface area contributed by atoms with E-state index in [1.807, 2.05) is 0 Å². The first-order chi connectivity index (χ1) is 8.27. The highest BCUT2D eigenvalue weighted by Crippen LogP contribution is 2.28. The van der Waals surface area contributed by atoms with E-state index in [1.165, 1.54) is 27.8 Å². The van der Waals surface area contributed by atoms with Gasteiger partial charge in [0.2, 0.25) is 0 Å². The van der Waals surface area contributed by atoms with Crippen molar-refractivity contribution in [1.29, 1.82) is 0 Å². The zero-order valence-corrected chi connectivity index (χ0v) is 11.0. The van der Waals surface area contributed by atoms with Crippen LogP contribution in [0, 0.1) is 6.92 Å². The van der Waals surface area contributed by atoms with Gasteiger partial charge in [-0.3, -0.25) is 0 Å². The minimum Gasteiger partial charge on any atom is -0.0622 e. The average molecular weight is 224 g/mol. The van der Waals surface area contributed by atoms with Crippen molar-refractivity contribution in [3.05, 3.63) is 59.2 Å². The maximum atomic E-state index is 2.29. The Hall–Kier alpha value is -1.56. The van der Waals surface area contributed by atoms with E-state index in [2.05, 4.69) is 63.2 Å². The van der Waals surface area contributed by atoms with Gasteiger partial charge in [-0.05, 0) is 47.6 Å². The molecule has 0 bridgehead atoms. The molecule has 0 unspecified atom stereocenters. The first kappa shape index (κ1) is 11.9. The van der Waals surface area contributed by atoms with Gasteiger partial charge >= 0.3 is 0 Å². The normalized spacial score (nSPS) is 10.5. The van der Waals surface area contributed by atoms with E-state index in [4.69, 9.17) is 0 Å². The van der Waals surface area contributed by atoms with Crippen LogP contribution >= 0.6 is 0 Å². The van der Waals surface area contributed by atoms with Crippen molar-refractivity contribution in [1.82, 2.24) is 0 Å². The van der Waals surface area contributed by atoms with Gasteiger partial charge in [0.05, 0.1) is 0 Å². The number of rotatable bonds is 3. The Kier molecular flexibility index (Phi) is 3.63. The molecule has 0 amide bonds. The van der Waals surface area contributed by atoms with Crippen LogP contribution in [0.15, 0.2) is 42.5 Å². The van der Waals surface area contributed by atoms with Gasteiger partial charge in [0, 0.05) is 0 Å². The maximum Gasteiger partial charge on any atom is -0.0152 e. The number of hydrogen-bond acceptors (Lipinski definition) is 0. The zero-order valence-electron chi connectivity index (χ0n) is 11.0. The fourth-order valence-electron chi connectivity index (χ4n) is 2.57. The van der Waals surface area contributed by atoms with Crippen LogP contribution in [0.25, 0.3) is 11.1 Å². The van der Waals surface area contributed by atoms with Gasteiger partial charge < -0.3 is 0 Å². The molecule has 0 spiro atoms. The smallest absolute Gasteiger partial charge is 0.0152 e. The average Bonchev–Trinajstić information content (AvgIpc) is 2.39. The summed E-state index contributed by atoms with van der Waals surface area (Å²) in [6, 6.07) is 15.2. The van der Waals surface area contributed by atoms with Gasteiger partial charge in [-0.15, -0.1) is 0 Å². The molecule has 0 aromatic heterocycles. The summed E-state index contributed by atoms with van der Waals surface area (Å²) >= 11 is 0. The Morgan fingerprint density at radius 3 is 2.12 bits per heavy atom. The van der Waals surface area contributed by atoms with E-state index in [9.17, 15) is 0 Å². The van der Waals surface area contributed by atoms with E-state index in [-0.39, 0.29) is 0 Å². The van der Waals surface area contributed by atoms with E-state index < -0.39 is 0 Å². The second kappa shape index (κ2) is 5.18. The van der Waals surface area contributed by atoms with Gasteiger partial charge in [0.25, 0.3) is 0 Å². The second-order valence-electron chi connectivity index (χ2n) is 4.45. The quantitative estimate of drug-likeness (QED) is 0.703. The van der Waals surface area contributed by atoms with Crippen LogP contribution < -0.4 is 0 Å². The third kappa shape index (κ3) is 2.26. The Morgan fingerprint density at radius 1 is 0.824 bits per heavy atom. The lowest BCUT2D eigenvalue weighted by atomic mass is 9.91. The molecule has 88 valence electrons. The second-order valence-corrected chi connectivity index (χ2v) is 4.45. The molecule has 0 heterocycles. The first-order valence-corrected chi connectivity index (χ1v) is 6.44. The molecule has 0 saturated carbocycles. The topological polar surface area (TPSA) is 0 Å². The molecular weight excluding hydrogens is 204 g/mol. The third-order valence-corrected chi connectivity index (χ3v) is 3.51. The predicted octanol–water partition coefficient (Wildman–Crippen LogP) is 4.79. The molecule has 0 heteroatoms. The molecule has 0 aliphatic carbocycles. The Labute approximate surface area is 104 Å². The molecular formula is C17H20. The summed E-state index contributed by atoms with van der Waals surface area (Å²) < 4.78 is 0. The number of benzene rings is 2. The van der Waals surface area contributed by atoms with E-state index in [0.717, 1.165) is 12.8 Å². The minimum absolute atomic E-state index is 1.12. The fourth-order valence-corrected chi connectivity index (χ4v) is 2.57. The maximum absolute atomic E-state index is 2.29. The van der Waals surface area contributed by atoms with Gasteiger partial charge in [-0.1, -0.05) is 56.3 Å². The van der Waals surface area contributed by atoms with Crippen LogP contribution in [0.3, 0.4) is 0 Å². The molecule has 2 aromatic rings. The summed E-state index contributed by atoms with van der Waals surface area (Å²) in [5.41, 5.74) is 7.15. The molecule has 2 aromatic carbocycles. The highest BCUT2D eigenvalue weighted by Gasteiger charge is 2.08. The van der Waals surface area contributed by atoms with Crippen LogP contribution in [0.1, 0.15) is 30.5 Å². The molecule has 0 aliphatic heterocycles. The first-order valence-electron chi connectivity index (χ1n) is 6.44. The highest BCUT2D eigenvalue weighted by atomic mass is 14.1. The van der Waals surface area contributed by atoms with Crippen molar-refractivity contribution < 1.29 is 0 Å². The van der Waals surface area contributed by atoms with Crippen molar-refractivity contribution in [2.24, 2.45) is 0 Å². The largest absolute Gasteiger partial charge is 0.0622 e. The Bertz CT molecular complexity index is 495. The van der Waals surface area contributed by atoms with Gasteiger partial charge in [-0.2, -0.15) is 0 Å². The number of hydrogen-bond donors (Lipinski definition) is 0. The van der Waals surface area contributed by atoms with Crippen molar-refractivity contribution >= 4 is 0 Å². The van der Waals surface area contributed by atoms with E-state index in [0.29, 0.717) is 0 Å². The number of aryl methyl sites for hydroxylation is 1. The molecule has 0 saturated heterocycles. The van der Waals surface area contributed by atoms with Gasteiger partial charge in [0.1, 0.15) is 0 Å². The summed E-state index contributed by atoms with van der Waals surface area (Å²) in [7, 11) is 0. The lowest BCUT2D eigenvalue weighted by Gasteiger charge is -2.14. The molecule has 0 N–H and O–H groups in total. The summed E-state index contributed by atoms with van der Waals surface area (Å²) in [5.74, 6) is 0. The molecule has 0 aliphatic rings. The van der Waals surface area contributed by atoms with Crippen LogP contribution in [0.4, 0.5) is 0 Å². The van der Waals surface area contributed by atoms with Gasteiger partial charge in [0.15, 0.2) is 0 Å². The summed E-state index contributed by atoms with van der Waals surface area (Å²) in [6.07, 6.45) is 2.24. The summed E-state index contributed by atoms with van der Waals surface area (Å²) in [4.78, 5) is 0. The Morgan fingerprint density at radius 2 is 1.53 bits per heavy atom. The van der Waals surface area contributed by atoms with E-state index in [1.54, 1.807) is 0 Å². The zero-order chi connectivity index (χ0) is 12.3. The third-order valence-electron chi connectivity index (χ3n) is 3.51. The van der Waals surface area contributed by atoms with Crippen LogP contribution in [-0.2, 0) is 12.8 Å². The summed E-state index contributed by atoms with van der Waals surface area (Å²) in [5, 5.41) is 0. The van der Waals surface area contributed by atoms with Crippen molar-refractivity contribution in [3.63, 3.8) is 0 Å². The summed E-state index contributed by atoms with van der Waals surface area (Å²) in [6.45, 7) is 6.73. The highest BCUT2D eigenvalue weighted by molar-refractivity contribution is 5.69. The van der Waals surface area contributed by atoms with Gasteiger partial charge in [-0.25, -0.2) is 0 Å². The monoisotopic (exact) mass is 224 g/mol. The van der Waals surface area contributed by atoms with Crippen molar-refractivity contribution in [3.8, 4) is 11.1 Å². The van der Waals surface area contributed by atoms with E-state index >= 15 is 0 Å². The molecule has 0 fully saturated rings. The minimum atomic E-state index is 1.12. The SMILES string of the molecule is CCc1ccc(-c2ccccc2)c(C)c1CC. The fraction of sp³-hybridized carbons (Fsp3) is 0.294.